The first-order chi connectivity index (χ1) is 27.6. The second-order valence-electron chi connectivity index (χ2n) is 20.8. The second kappa shape index (κ2) is 21.4. The van der Waals surface area contributed by atoms with Crippen molar-refractivity contribution in [3.63, 3.8) is 0 Å². The fourth-order valence-electron chi connectivity index (χ4n) is 12.6. The van der Waals surface area contributed by atoms with Gasteiger partial charge in [0.15, 0.2) is 0 Å². The van der Waals surface area contributed by atoms with Crippen molar-refractivity contribution in [3.8, 4) is 6.07 Å². The van der Waals surface area contributed by atoms with E-state index in [0.717, 1.165) is 74.0 Å². The molecule has 4 fully saturated rings. The summed E-state index contributed by atoms with van der Waals surface area (Å²) in [5, 5.41) is 12.0. The molecular formula is C48H83N4O5P. The zero-order chi connectivity index (χ0) is 42.2. The Hall–Kier alpha value is -1.72. The van der Waals surface area contributed by atoms with E-state index in [1.807, 2.05) is 4.90 Å². The number of alkyl carbamates (subject to hydrolysis) is 1. The SMILES string of the molecule is CC(C)CCC[C@@H](C)[C@H]1CCC2C3CC=C4C[C@@H](OC(=O)NCCCCCC(=O)N5CC(C)C(OP(OCCC#N)N(C(C)C)C(C)C)C5)CC[C@]4(C)C3CC[C@@]21C. The van der Waals surface area contributed by atoms with Crippen LogP contribution in [-0.4, -0.2) is 72.1 Å². The Labute approximate surface area is 355 Å². The van der Waals surface area contributed by atoms with Gasteiger partial charge in [0.25, 0.3) is 8.53 Å². The van der Waals surface area contributed by atoms with E-state index in [0.29, 0.717) is 44.5 Å². The maximum absolute atomic E-state index is 13.2. The zero-order valence-electron chi connectivity index (χ0n) is 38.4. The summed E-state index contributed by atoms with van der Waals surface area (Å²) in [6.45, 7) is 25.3. The summed E-state index contributed by atoms with van der Waals surface area (Å²) >= 11 is 0. The molecule has 1 N–H and O–H groups in total. The molecule has 1 aliphatic heterocycles. The van der Waals surface area contributed by atoms with Crippen molar-refractivity contribution < 1.29 is 23.4 Å². The van der Waals surface area contributed by atoms with Gasteiger partial charge in [-0.3, -0.25) is 4.79 Å². The number of nitriles is 1. The van der Waals surface area contributed by atoms with Crippen LogP contribution in [0.15, 0.2) is 11.6 Å². The summed E-state index contributed by atoms with van der Waals surface area (Å²) in [7, 11) is -1.34. The molecule has 6 unspecified atom stereocenters. The number of hydrogen-bond acceptors (Lipinski definition) is 7. The Balaban J connectivity index is 0.998. The van der Waals surface area contributed by atoms with Gasteiger partial charge in [-0.05, 0) is 132 Å². The van der Waals surface area contributed by atoms with Crippen LogP contribution in [0, 0.1) is 63.6 Å². The molecule has 58 heavy (non-hydrogen) atoms. The minimum atomic E-state index is -1.34. The van der Waals surface area contributed by atoms with Gasteiger partial charge in [0.2, 0.25) is 5.91 Å². The van der Waals surface area contributed by atoms with Gasteiger partial charge in [0.1, 0.15) is 6.10 Å². The van der Waals surface area contributed by atoms with E-state index < -0.39 is 8.53 Å². The first-order valence-electron chi connectivity index (χ1n) is 23.8. The summed E-state index contributed by atoms with van der Waals surface area (Å²) in [4.78, 5) is 28.1. The lowest BCUT2D eigenvalue weighted by atomic mass is 9.47. The molecule has 11 atom stereocenters. The number of nitrogens with one attached hydrogen (secondary N) is 1. The molecule has 0 bridgehead atoms. The Kier molecular flexibility index (Phi) is 17.4. The fourth-order valence-corrected chi connectivity index (χ4v) is 14.4. The summed E-state index contributed by atoms with van der Waals surface area (Å²) < 4.78 is 21.0. The fraction of sp³-hybridized carbons (Fsp3) is 0.896. The number of carbonyl (C=O) groups excluding carboxylic acids is 2. The van der Waals surface area contributed by atoms with Crippen molar-refractivity contribution in [3.05, 3.63) is 11.6 Å². The van der Waals surface area contributed by atoms with Crippen LogP contribution in [0.4, 0.5) is 4.79 Å². The number of amides is 2. The van der Waals surface area contributed by atoms with Crippen LogP contribution in [0.5, 0.6) is 0 Å². The van der Waals surface area contributed by atoms with Crippen molar-refractivity contribution in [1.29, 1.82) is 5.26 Å². The van der Waals surface area contributed by atoms with Gasteiger partial charge in [-0.15, -0.1) is 0 Å². The Morgan fingerprint density at radius 1 is 0.966 bits per heavy atom. The van der Waals surface area contributed by atoms with E-state index >= 15 is 0 Å². The molecule has 0 radical (unpaired) electrons. The molecule has 5 rings (SSSR count). The predicted octanol–water partition coefficient (Wildman–Crippen LogP) is 11.8. The highest BCUT2D eigenvalue weighted by Gasteiger charge is 2.59. The number of allylic oxidation sites excluding steroid dienone is 1. The van der Waals surface area contributed by atoms with E-state index in [1.165, 1.54) is 51.4 Å². The Bertz CT molecular complexity index is 1410. The summed E-state index contributed by atoms with van der Waals surface area (Å²) in [6, 6.07) is 2.63. The molecule has 1 heterocycles. The molecule has 0 aromatic heterocycles. The van der Waals surface area contributed by atoms with E-state index in [4.69, 9.17) is 19.0 Å². The van der Waals surface area contributed by atoms with Crippen molar-refractivity contribution in [2.75, 3.05) is 26.2 Å². The van der Waals surface area contributed by atoms with Crippen molar-refractivity contribution in [1.82, 2.24) is 14.9 Å². The van der Waals surface area contributed by atoms with E-state index in [2.05, 4.69) is 91.4 Å². The number of carbonyl (C=O) groups is 2. The number of fused-ring (bicyclic) bond motifs is 5. The average molecular weight is 827 g/mol. The van der Waals surface area contributed by atoms with Crippen molar-refractivity contribution in [2.24, 2.45) is 52.3 Å². The first kappa shape index (κ1) is 47.3. The van der Waals surface area contributed by atoms with Crippen LogP contribution < -0.4 is 5.32 Å². The van der Waals surface area contributed by atoms with Crippen LogP contribution >= 0.6 is 8.53 Å². The predicted molar refractivity (Wildman–Crippen MR) is 236 cm³/mol. The quantitative estimate of drug-likeness (QED) is 0.0740. The van der Waals surface area contributed by atoms with Crippen molar-refractivity contribution in [2.45, 2.75) is 196 Å². The van der Waals surface area contributed by atoms with Crippen LogP contribution in [0.25, 0.3) is 0 Å². The van der Waals surface area contributed by atoms with Crippen LogP contribution in [-0.2, 0) is 18.6 Å². The molecule has 2 amide bonds. The number of hydrogen-bond donors (Lipinski definition) is 1. The van der Waals surface area contributed by atoms with Gasteiger partial charge in [-0.1, -0.05) is 78.9 Å². The monoisotopic (exact) mass is 827 g/mol. The normalized spacial score (nSPS) is 33.1. The van der Waals surface area contributed by atoms with Gasteiger partial charge >= 0.3 is 6.09 Å². The van der Waals surface area contributed by atoms with E-state index in [-0.39, 0.29) is 47.6 Å². The Morgan fingerprint density at radius 2 is 1.72 bits per heavy atom. The summed E-state index contributed by atoms with van der Waals surface area (Å²) in [5.74, 6) is 5.34. The molecule has 9 nitrogen and oxygen atoms in total. The van der Waals surface area contributed by atoms with Gasteiger partial charge in [-0.2, -0.15) is 5.26 Å². The first-order valence-corrected chi connectivity index (χ1v) is 24.9. The third-order valence-electron chi connectivity index (χ3n) is 15.7. The third-order valence-corrected chi connectivity index (χ3v) is 17.8. The molecule has 3 saturated carbocycles. The number of unbranched alkanes of at least 4 members (excludes halogenated alkanes) is 2. The number of rotatable bonds is 20. The lowest BCUT2D eigenvalue weighted by Gasteiger charge is -2.58. The average Bonchev–Trinajstić information content (AvgIpc) is 3.71. The van der Waals surface area contributed by atoms with E-state index in [9.17, 15) is 9.59 Å². The maximum atomic E-state index is 13.2. The molecule has 5 aliphatic rings. The number of nitrogens with zero attached hydrogens (tertiary/aromatic N) is 3. The maximum Gasteiger partial charge on any atom is 0.407 e. The lowest BCUT2D eigenvalue weighted by Crippen LogP contribution is -2.51. The van der Waals surface area contributed by atoms with Gasteiger partial charge < -0.3 is 24.0 Å². The van der Waals surface area contributed by atoms with Gasteiger partial charge in [0.05, 0.1) is 25.2 Å². The smallest absolute Gasteiger partial charge is 0.407 e. The number of likely N-dealkylation sites (tertiary alicyclic amines) is 1. The lowest BCUT2D eigenvalue weighted by molar-refractivity contribution is -0.130. The molecule has 0 aromatic carbocycles. The topological polar surface area (TPSA) is 104 Å². The standard InChI is InChI=1S/C48H83N4O5P/c1-33(2)16-14-17-36(7)41-21-22-42-40-20-19-38-30-39(23-25-47(38,9)43(40)24-26-48(41,42)10)56-46(54)50-28-13-11-12-18-45(53)51-31-37(8)44(32-51)57-58(55-29-15-27-49)52(34(3)4)35(5)6/h19,33-37,39-44H,11-18,20-26,28-32H2,1-10H3,(H,50,54)/t36-,37?,39+,40?,41-,42?,43?,44?,47+,48-,58?/m1/s1. The van der Waals surface area contributed by atoms with Gasteiger partial charge in [-0.25, -0.2) is 9.46 Å². The highest BCUT2D eigenvalue weighted by Crippen LogP contribution is 2.67. The van der Waals surface area contributed by atoms with Crippen LogP contribution in [0.1, 0.15) is 172 Å². The Morgan fingerprint density at radius 3 is 2.43 bits per heavy atom. The highest BCUT2D eigenvalue weighted by atomic mass is 31.2. The van der Waals surface area contributed by atoms with Crippen molar-refractivity contribution >= 4 is 20.5 Å². The summed E-state index contributed by atoms with van der Waals surface area (Å²) in [6.07, 6.45) is 19.4. The highest BCUT2D eigenvalue weighted by molar-refractivity contribution is 7.44. The molecule has 4 aliphatic carbocycles. The van der Waals surface area contributed by atoms with Gasteiger partial charge in [0, 0.05) is 50.5 Å². The molecular weight excluding hydrogens is 744 g/mol. The molecule has 0 spiro atoms. The minimum Gasteiger partial charge on any atom is -0.446 e. The minimum absolute atomic E-state index is 0.0417. The largest absolute Gasteiger partial charge is 0.446 e. The molecule has 0 aromatic rings. The second-order valence-corrected chi connectivity index (χ2v) is 22.2. The molecule has 10 heteroatoms. The van der Waals surface area contributed by atoms with Crippen LogP contribution in [0.3, 0.4) is 0 Å². The van der Waals surface area contributed by atoms with E-state index in [1.54, 1.807) is 5.57 Å². The molecule has 330 valence electrons. The summed E-state index contributed by atoms with van der Waals surface area (Å²) in [5.41, 5.74) is 2.31. The van der Waals surface area contributed by atoms with Crippen LogP contribution in [0.2, 0.25) is 0 Å². The zero-order valence-corrected chi connectivity index (χ0v) is 39.3. The number of ether oxygens (including phenoxy) is 1. The third kappa shape index (κ3) is 11.4. The molecule has 1 saturated heterocycles.